The van der Waals surface area contributed by atoms with E-state index in [9.17, 15) is 4.79 Å². The number of carbonyl (C=O) groups excluding carboxylic acids is 1. The van der Waals surface area contributed by atoms with Crippen LogP contribution in [-0.4, -0.2) is 34.2 Å². The standard InChI is InChI=1S/C21H20N4OS/c26-21(25-13-11-18(12-14-25)17-9-5-2-6-10-17)22-20-24-23-19(27-20)15-16-7-3-1-4-8-16/h1-11H,12-15H2,(H,22,24,26). The molecule has 0 aliphatic carbocycles. The lowest BCUT2D eigenvalue weighted by Gasteiger charge is -2.26. The largest absolute Gasteiger partial charge is 0.323 e. The Labute approximate surface area is 162 Å². The number of nitrogens with zero attached hydrogens (tertiary/aromatic N) is 3. The number of urea groups is 1. The Morgan fingerprint density at radius 2 is 1.78 bits per heavy atom. The van der Waals surface area contributed by atoms with Crippen molar-refractivity contribution >= 4 is 28.1 Å². The minimum Gasteiger partial charge on any atom is -0.320 e. The van der Waals surface area contributed by atoms with E-state index >= 15 is 0 Å². The van der Waals surface area contributed by atoms with Crippen LogP contribution in [0.2, 0.25) is 0 Å². The van der Waals surface area contributed by atoms with Gasteiger partial charge in [-0.25, -0.2) is 4.79 Å². The molecule has 0 unspecified atom stereocenters. The number of carbonyl (C=O) groups is 1. The van der Waals surface area contributed by atoms with Crippen LogP contribution in [0.3, 0.4) is 0 Å². The zero-order valence-corrected chi connectivity index (χ0v) is 15.7. The number of amides is 2. The molecular weight excluding hydrogens is 356 g/mol. The maximum absolute atomic E-state index is 12.5. The molecule has 0 saturated carbocycles. The first-order valence-corrected chi connectivity index (χ1v) is 9.76. The summed E-state index contributed by atoms with van der Waals surface area (Å²) < 4.78 is 0. The minimum absolute atomic E-state index is 0.124. The number of nitrogens with one attached hydrogen (secondary N) is 1. The van der Waals surface area contributed by atoms with E-state index in [1.165, 1.54) is 28.0 Å². The predicted octanol–water partition coefficient (Wildman–Crippen LogP) is 4.45. The van der Waals surface area contributed by atoms with E-state index in [-0.39, 0.29) is 6.03 Å². The lowest BCUT2D eigenvalue weighted by molar-refractivity contribution is 0.217. The van der Waals surface area contributed by atoms with Gasteiger partial charge in [0.2, 0.25) is 5.13 Å². The number of hydrogen-bond acceptors (Lipinski definition) is 4. The van der Waals surface area contributed by atoms with Gasteiger partial charge in [-0.05, 0) is 23.1 Å². The van der Waals surface area contributed by atoms with E-state index in [0.29, 0.717) is 18.2 Å². The van der Waals surface area contributed by atoms with Gasteiger partial charge in [-0.2, -0.15) is 0 Å². The summed E-state index contributed by atoms with van der Waals surface area (Å²) in [5.74, 6) is 0. The lowest BCUT2D eigenvalue weighted by atomic mass is 10.00. The maximum atomic E-state index is 12.5. The van der Waals surface area contributed by atoms with Gasteiger partial charge in [0, 0.05) is 19.5 Å². The third kappa shape index (κ3) is 4.41. The van der Waals surface area contributed by atoms with Crippen molar-refractivity contribution in [2.45, 2.75) is 12.8 Å². The molecule has 0 fully saturated rings. The van der Waals surface area contributed by atoms with E-state index in [4.69, 9.17) is 0 Å². The molecule has 1 N–H and O–H groups in total. The number of aromatic nitrogens is 2. The average Bonchev–Trinajstić information content (AvgIpc) is 3.16. The topological polar surface area (TPSA) is 58.1 Å². The van der Waals surface area contributed by atoms with Crippen LogP contribution in [0.15, 0.2) is 66.7 Å². The van der Waals surface area contributed by atoms with Gasteiger partial charge < -0.3 is 4.90 Å². The highest BCUT2D eigenvalue weighted by molar-refractivity contribution is 7.15. The third-order valence-electron chi connectivity index (χ3n) is 4.52. The van der Waals surface area contributed by atoms with Crippen molar-refractivity contribution in [1.82, 2.24) is 15.1 Å². The molecule has 1 aliphatic heterocycles. The highest BCUT2D eigenvalue weighted by Gasteiger charge is 2.19. The molecule has 0 saturated heterocycles. The van der Waals surface area contributed by atoms with Gasteiger partial charge in [0.25, 0.3) is 0 Å². The molecule has 2 amide bonds. The summed E-state index contributed by atoms with van der Waals surface area (Å²) >= 11 is 1.42. The van der Waals surface area contributed by atoms with Crippen LogP contribution in [0.4, 0.5) is 9.93 Å². The molecule has 136 valence electrons. The minimum atomic E-state index is -0.124. The summed E-state index contributed by atoms with van der Waals surface area (Å²) in [5.41, 5.74) is 3.70. The molecule has 5 nitrogen and oxygen atoms in total. The molecular formula is C21H20N4OS. The van der Waals surface area contributed by atoms with Crippen molar-refractivity contribution < 1.29 is 4.79 Å². The molecule has 3 aromatic rings. The molecule has 0 spiro atoms. The van der Waals surface area contributed by atoms with Crippen molar-refractivity contribution in [3.8, 4) is 0 Å². The highest BCUT2D eigenvalue weighted by atomic mass is 32.1. The van der Waals surface area contributed by atoms with Crippen LogP contribution in [-0.2, 0) is 6.42 Å². The second-order valence-corrected chi connectivity index (χ2v) is 7.45. The molecule has 0 bridgehead atoms. The first-order chi connectivity index (χ1) is 13.3. The maximum Gasteiger partial charge on any atom is 0.323 e. The Hall–Kier alpha value is -2.99. The van der Waals surface area contributed by atoms with Crippen LogP contribution < -0.4 is 5.32 Å². The molecule has 2 heterocycles. The molecule has 27 heavy (non-hydrogen) atoms. The van der Waals surface area contributed by atoms with Gasteiger partial charge in [-0.1, -0.05) is 78.1 Å². The summed E-state index contributed by atoms with van der Waals surface area (Å²) in [6, 6.07) is 20.3. The molecule has 0 atom stereocenters. The van der Waals surface area contributed by atoms with E-state index in [1.807, 2.05) is 36.4 Å². The van der Waals surface area contributed by atoms with Crippen molar-refractivity contribution in [2.75, 3.05) is 18.4 Å². The van der Waals surface area contributed by atoms with Crippen LogP contribution in [0.5, 0.6) is 0 Å². The summed E-state index contributed by atoms with van der Waals surface area (Å²) in [6.45, 7) is 1.30. The quantitative estimate of drug-likeness (QED) is 0.732. The second-order valence-electron chi connectivity index (χ2n) is 6.38. The van der Waals surface area contributed by atoms with Gasteiger partial charge in [0.1, 0.15) is 5.01 Å². The van der Waals surface area contributed by atoms with Gasteiger partial charge >= 0.3 is 6.03 Å². The monoisotopic (exact) mass is 376 g/mol. The smallest absolute Gasteiger partial charge is 0.320 e. The van der Waals surface area contributed by atoms with E-state index < -0.39 is 0 Å². The van der Waals surface area contributed by atoms with Crippen LogP contribution >= 0.6 is 11.3 Å². The number of anilines is 1. The molecule has 1 aliphatic rings. The Balaban J connectivity index is 1.34. The Kier molecular flexibility index (Phi) is 5.25. The fourth-order valence-corrected chi connectivity index (χ4v) is 3.85. The van der Waals surface area contributed by atoms with Gasteiger partial charge in [-0.3, -0.25) is 5.32 Å². The Morgan fingerprint density at radius 1 is 1.04 bits per heavy atom. The molecule has 2 aromatic carbocycles. The first-order valence-electron chi connectivity index (χ1n) is 8.94. The van der Waals surface area contributed by atoms with Crippen molar-refractivity contribution in [1.29, 1.82) is 0 Å². The van der Waals surface area contributed by atoms with E-state index in [1.54, 1.807) is 4.90 Å². The zero-order valence-electron chi connectivity index (χ0n) is 14.8. The highest BCUT2D eigenvalue weighted by Crippen LogP contribution is 2.23. The number of rotatable bonds is 4. The van der Waals surface area contributed by atoms with Crippen LogP contribution in [0.25, 0.3) is 5.57 Å². The number of benzene rings is 2. The fraction of sp³-hybridized carbons (Fsp3) is 0.190. The predicted molar refractivity (Wildman–Crippen MR) is 109 cm³/mol. The second kappa shape index (κ2) is 8.14. The number of hydrogen-bond donors (Lipinski definition) is 1. The molecule has 0 radical (unpaired) electrons. The van der Waals surface area contributed by atoms with Gasteiger partial charge in [-0.15, -0.1) is 10.2 Å². The summed E-state index contributed by atoms with van der Waals surface area (Å²) in [6.07, 6.45) is 3.70. The van der Waals surface area contributed by atoms with Crippen LogP contribution in [0.1, 0.15) is 22.6 Å². The molecule has 1 aromatic heterocycles. The average molecular weight is 376 g/mol. The van der Waals surface area contributed by atoms with Crippen LogP contribution in [0, 0.1) is 0 Å². The summed E-state index contributed by atoms with van der Waals surface area (Å²) in [7, 11) is 0. The van der Waals surface area contributed by atoms with Gasteiger partial charge in [0.15, 0.2) is 0 Å². The Bertz CT molecular complexity index is 937. The van der Waals surface area contributed by atoms with E-state index in [2.05, 4.69) is 45.9 Å². The lowest BCUT2D eigenvalue weighted by Crippen LogP contribution is -2.37. The first kappa shape index (κ1) is 17.4. The molecule has 6 heteroatoms. The third-order valence-corrected chi connectivity index (χ3v) is 5.36. The van der Waals surface area contributed by atoms with Crippen molar-refractivity contribution in [2.24, 2.45) is 0 Å². The van der Waals surface area contributed by atoms with Crippen molar-refractivity contribution in [3.63, 3.8) is 0 Å². The molecule has 4 rings (SSSR count). The fourth-order valence-electron chi connectivity index (χ4n) is 3.08. The normalized spacial score (nSPS) is 13.9. The zero-order chi connectivity index (χ0) is 18.5. The SMILES string of the molecule is O=C(Nc1nnc(Cc2ccccc2)s1)N1CC=C(c2ccccc2)CC1. The van der Waals surface area contributed by atoms with Gasteiger partial charge in [0.05, 0.1) is 0 Å². The van der Waals surface area contributed by atoms with E-state index in [0.717, 1.165) is 17.8 Å². The van der Waals surface area contributed by atoms with Crippen molar-refractivity contribution in [3.05, 3.63) is 82.9 Å². The Morgan fingerprint density at radius 3 is 2.48 bits per heavy atom. The summed E-state index contributed by atoms with van der Waals surface area (Å²) in [5, 5.41) is 12.6. The summed E-state index contributed by atoms with van der Waals surface area (Å²) in [4.78, 5) is 14.3.